The van der Waals surface area contributed by atoms with E-state index in [1.807, 2.05) is 32.0 Å². The van der Waals surface area contributed by atoms with Crippen LogP contribution in [0.4, 0.5) is 0 Å². The van der Waals surface area contributed by atoms with Crippen molar-refractivity contribution in [2.45, 2.75) is 13.8 Å². The molecule has 1 aromatic rings. The lowest BCUT2D eigenvalue weighted by molar-refractivity contribution is 0.174. The second kappa shape index (κ2) is 5.37. The topological polar surface area (TPSA) is 29.5 Å². The third-order valence-electron chi connectivity index (χ3n) is 1.92. The summed E-state index contributed by atoms with van der Waals surface area (Å²) in [7, 11) is 0. The lowest BCUT2D eigenvalue weighted by Crippen LogP contribution is -2.12. The minimum Gasteiger partial charge on any atom is -0.492 e. The summed E-state index contributed by atoms with van der Waals surface area (Å²) in [5, 5.41) is 8.83. The molecule has 78 valence electrons. The van der Waals surface area contributed by atoms with Crippen LogP contribution in [-0.2, 0) is 0 Å². The molecule has 1 rings (SSSR count). The minimum absolute atomic E-state index is 0.156. The van der Waals surface area contributed by atoms with Crippen molar-refractivity contribution in [1.29, 1.82) is 0 Å². The molecule has 0 bridgehead atoms. The molecule has 0 saturated carbocycles. The van der Waals surface area contributed by atoms with E-state index in [1.54, 1.807) is 0 Å². The van der Waals surface area contributed by atoms with Crippen LogP contribution in [0, 0.1) is 12.8 Å². The van der Waals surface area contributed by atoms with Crippen LogP contribution in [0.15, 0.2) is 22.7 Å². The average molecular weight is 259 g/mol. The van der Waals surface area contributed by atoms with Crippen molar-refractivity contribution in [3.8, 4) is 5.75 Å². The van der Waals surface area contributed by atoms with Gasteiger partial charge in [0, 0.05) is 12.5 Å². The number of rotatable bonds is 4. The Bertz CT molecular complexity index is 299. The third kappa shape index (κ3) is 3.31. The van der Waals surface area contributed by atoms with Gasteiger partial charge in [0.15, 0.2) is 0 Å². The zero-order valence-corrected chi connectivity index (χ0v) is 10.0. The summed E-state index contributed by atoms with van der Waals surface area (Å²) in [4.78, 5) is 0. The van der Waals surface area contributed by atoms with Gasteiger partial charge in [-0.25, -0.2) is 0 Å². The molecule has 0 aliphatic rings. The molecule has 14 heavy (non-hydrogen) atoms. The summed E-state index contributed by atoms with van der Waals surface area (Å²) in [5.41, 5.74) is 1.19. The highest BCUT2D eigenvalue weighted by atomic mass is 79.9. The Hall–Kier alpha value is -0.540. The van der Waals surface area contributed by atoms with Gasteiger partial charge in [-0.2, -0.15) is 0 Å². The molecule has 1 N–H and O–H groups in total. The van der Waals surface area contributed by atoms with E-state index >= 15 is 0 Å². The molecule has 0 spiro atoms. The monoisotopic (exact) mass is 258 g/mol. The van der Waals surface area contributed by atoms with Gasteiger partial charge in [0.1, 0.15) is 5.75 Å². The van der Waals surface area contributed by atoms with E-state index in [4.69, 9.17) is 9.84 Å². The summed E-state index contributed by atoms with van der Waals surface area (Å²) >= 11 is 3.43. The molecule has 0 heterocycles. The number of halogens is 1. The fourth-order valence-corrected chi connectivity index (χ4v) is 1.62. The molecule has 0 saturated heterocycles. The zero-order chi connectivity index (χ0) is 10.6. The summed E-state index contributed by atoms with van der Waals surface area (Å²) in [5.74, 6) is 0.999. The summed E-state index contributed by atoms with van der Waals surface area (Å²) < 4.78 is 6.50. The molecule has 1 aromatic carbocycles. The fraction of sp³-hybridized carbons (Fsp3) is 0.455. The summed E-state index contributed by atoms with van der Waals surface area (Å²) in [6, 6.07) is 5.95. The van der Waals surface area contributed by atoms with Crippen molar-refractivity contribution < 1.29 is 9.84 Å². The SMILES string of the molecule is Cc1ccc(OCC(C)CO)c(Br)c1. The first kappa shape index (κ1) is 11.5. The van der Waals surface area contributed by atoms with Crippen LogP contribution in [0.3, 0.4) is 0 Å². The molecule has 0 aromatic heterocycles. The number of hydrogen-bond acceptors (Lipinski definition) is 2. The van der Waals surface area contributed by atoms with Crippen LogP contribution in [0.25, 0.3) is 0 Å². The molecule has 0 radical (unpaired) electrons. The Balaban J connectivity index is 2.59. The minimum atomic E-state index is 0.156. The smallest absolute Gasteiger partial charge is 0.133 e. The number of benzene rings is 1. The zero-order valence-electron chi connectivity index (χ0n) is 8.46. The predicted molar refractivity (Wildman–Crippen MR) is 60.6 cm³/mol. The molecular formula is C11H15BrO2. The van der Waals surface area contributed by atoms with Gasteiger partial charge in [-0.05, 0) is 40.5 Å². The maximum atomic E-state index is 8.83. The van der Waals surface area contributed by atoms with Gasteiger partial charge in [0.2, 0.25) is 0 Å². The van der Waals surface area contributed by atoms with E-state index < -0.39 is 0 Å². The first-order valence-corrected chi connectivity index (χ1v) is 5.42. The molecular weight excluding hydrogens is 244 g/mol. The normalized spacial score (nSPS) is 12.6. The first-order chi connectivity index (χ1) is 6.63. The third-order valence-corrected chi connectivity index (χ3v) is 2.54. The maximum Gasteiger partial charge on any atom is 0.133 e. The van der Waals surface area contributed by atoms with Crippen LogP contribution in [0.5, 0.6) is 5.75 Å². The van der Waals surface area contributed by atoms with E-state index in [2.05, 4.69) is 15.9 Å². The van der Waals surface area contributed by atoms with Gasteiger partial charge in [-0.1, -0.05) is 13.0 Å². The van der Waals surface area contributed by atoms with Gasteiger partial charge in [-0.3, -0.25) is 0 Å². The number of aliphatic hydroxyl groups excluding tert-OH is 1. The Labute approximate surface area is 93.0 Å². The van der Waals surface area contributed by atoms with Crippen molar-refractivity contribution in [3.63, 3.8) is 0 Å². The average Bonchev–Trinajstić information content (AvgIpc) is 2.16. The molecule has 1 unspecified atom stereocenters. The Morgan fingerprint density at radius 2 is 2.21 bits per heavy atom. The second-order valence-electron chi connectivity index (χ2n) is 3.53. The Kier molecular flexibility index (Phi) is 4.42. The highest BCUT2D eigenvalue weighted by Crippen LogP contribution is 2.25. The van der Waals surface area contributed by atoms with Crippen LogP contribution in [-0.4, -0.2) is 18.3 Å². The Morgan fingerprint density at radius 1 is 1.50 bits per heavy atom. The molecule has 0 aliphatic heterocycles. The molecule has 0 amide bonds. The fourth-order valence-electron chi connectivity index (χ4n) is 1.01. The highest BCUT2D eigenvalue weighted by molar-refractivity contribution is 9.10. The van der Waals surface area contributed by atoms with Crippen LogP contribution in [0.2, 0.25) is 0 Å². The van der Waals surface area contributed by atoms with Gasteiger partial charge in [0.25, 0.3) is 0 Å². The van der Waals surface area contributed by atoms with Crippen molar-refractivity contribution in [2.24, 2.45) is 5.92 Å². The lowest BCUT2D eigenvalue weighted by atomic mass is 10.2. The lowest BCUT2D eigenvalue weighted by Gasteiger charge is -2.11. The Morgan fingerprint density at radius 3 is 2.79 bits per heavy atom. The van der Waals surface area contributed by atoms with E-state index in [0.29, 0.717) is 6.61 Å². The van der Waals surface area contributed by atoms with Crippen LogP contribution < -0.4 is 4.74 Å². The standard InChI is InChI=1S/C11H15BrO2/c1-8-3-4-11(10(12)5-8)14-7-9(2)6-13/h3-5,9,13H,6-7H2,1-2H3. The maximum absolute atomic E-state index is 8.83. The van der Waals surface area contributed by atoms with Crippen molar-refractivity contribution in [2.75, 3.05) is 13.2 Å². The van der Waals surface area contributed by atoms with E-state index in [-0.39, 0.29) is 12.5 Å². The van der Waals surface area contributed by atoms with E-state index in [1.165, 1.54) is 5.56 Å². The highest BCUT2D eigenvalue weighted by Gasteiger charge is 2.04. The predicted octanol–water partition coefficient (Wildman–Crippen LogP) is 2.76. The first-order valence-electron chi connectivity index (χ1n) is 4.63. The van der Waals surface area contributed by atoms with Crippen molar-refractivity contribution in [3.05, 3.63) is 28.2 Å². The van der Waals surface area contributed by atoms with Gasteiger partial charge >= 0.3 is 0 Å². The van der Waals surface area contributed by atoms with E-state index in [9.17, 15) is 0 Å². The number of ether oxygens (including phenoxy) is 1. The molecule has 3 heteroatoms. The summed E-state index contributed by atoms with van der Waals surface area (Å²) in [6.45, 7) is 4.68. The quantitative estimate of drug-likeness (QED) is 0.900. The summed E-state index contributed by atoms with van der Waals surface area (Å²) in [6.07, 6.45) is 0. The molecule has 0 aliphatic carbocycles. The van der Waals surface area contributed by atoms with Crippen LogP contribution >= 0.6 is 15.9 Å². The second-order valence-corrected chi connectivity index (χ2v) is 4.39. The van der Waals surface area contributed by atoms with Crippen molar-refractivity contribution >= 4 is 15.9 Å². The number of aliphatic hydroxyl groups is 1. The van der Waals surface area contributed by atoms with Gasteiger partial charge in [0.05, 0.1) is 11.1 Å². The van der Waals surface area contributed by atoms with E-state index in [0.717, 1.165) is 10.2 Å². The molecule has 1 atom stereocenters. The molecule has 2 nitrogen and oxygen atoms in total. The largest absolute Gasteiger partial charge is 0.492 e. The number of aryl methyl sites for hydroxylation is 1. The van der Waals surface area contributed by atoms with Crippen LogP contribution in [0.1, 0.15) is 12.5 Å². The van der Waals surface area contributed by atoms with Crippen molar-refractivity contribution in [1.82, 2.24) is 0 Å². The molecule has 0 fully saturated rings. The van der Waals surface area contributed by atoms with Gasteiger partial charge < -0.3 is 9.84 Å². The number of hydrogen-bond donors (Lipinski definition) is 1. The van der Waals surface area contributed by atoms with Gasteiger partial charge in [-0.15, -0.1) is 0 Å².